The van der Waals surface area contributed by atoms with Crippen molar-refractivity contribution in [3.63, 3.8) is 0 Å². The van der Waals surface area contributed by atoms with Gasteiger partial charge in [-0.25, -0.2) is 4.98 Å². The number of hydrogen-bond acceptors (Lipinski definition) is 4. The van der Waals surface area contributed by atoms with Gasteiger partial charge < -0.3 is 10.2 Å². The summed E-state index contributed by atoms with van der Waals surface area (Å²) in [6.45, 7) is 2.73. The van der Waals surface area contributed by atoms with Gasteiger partial charge in [0.1, 0.15) is 5.82 Å². The minimum Gasteiger partial charge on any atom is -0.349 e. The molecule has 0 aromatic carbocycles. The number of aryl methyl sites for hydroxylation is 1. The molecule has 3 heterocycles. The molecule has 2 atom stereocenters. The Morgan fingerprint density at radius 3 is 2.70 bits per heavy atom. The molecule has 2 fully saturated rings. The molecular weight excluding hydrogens is 254 g/mol. The molecule has 2 aliphatic rings. The van der Waals surface area contributed by atoms with Gasteiger partial charge in [0, 0.05) is 25.0 Å². The Morgan fingerprint density at radius 1 is 1.40 bits per heavy atom. The van der Waals surface area contributed by atoms with Crippen LogP contribution in [0.3, 0.4) is 0 Å². The maximum atomic E-state index is 12.0. The molecule has 1 amide bonds. The maximum Gasteiger partial charge on any atom is 0.290 e. The number of carbonyl (C=O) groups is 1. The van der Waals surface area contributed by atoms with E-state index < -0.39 is 0 Å². The molecule has 6 nitrogen and oxygen atoms in total. The number of amides is 1. The zero-order valence-electron chi connectivity index (χ0n) is 12.2. The largest absolute Gasteiger partial charge is 0.349 e. The van der Waals surface area contributed by atoms with E-state index >= 15 is 0 Å². The molecule has 2 N–H and O–H groups in total. The third kappa shape index (κ3) is 2.57. The second-order valence-electron chi connectivity index (χ2n) is 6.06. The average molecular weight is 277 g/mol. The van der Waals surface area contributed by atoms with Gasteiger partial charge in [0.25, 0.3) is 5.91 Å². The van der Waals surface area contributed by atoms with Gasteiger partial charge >= 0.3 is 0 Å². The van der Waals surface area contributed by atoms with Crippen LogP contribution in [-0.2, 0) is 6.42 Å². The summed E-state index contributed by atoms with van der Waals surface area (Å²) in [4.78, 5) is 18.7. The SMILES string of the molecule is CCc1nc(C(=O)NCC2CC3CCC(C2)N3C)n[nH]1. The van der Waals surface area contributed by atoms with Crippen molar-refractivity contribution in [3.05, 3.63) is 11.6 Å². The summed E-state index contributed by atoms with van der Waals surface area (Å²) in [6.07, 6.45) is 5.78. The van der Waals surface area contributed by atoms with E-state index in [4.69, 9.17) is 0 Å². The van der Waals surface area contributed by atoms with Crippen LogP contribution in [0, 0.1) is 5.92 Å². The van der Waals surface area contributed by atoms with Crippen molar-refractivity contribution >= 4 is 5.91 Å². The molecule has 0 radical (unpaired) electrons. The third-order valence-corrected chi connectivity index (χ3v) is 4.82. The monoisotopic (exact) mass is 277 g/mol. The number of rotatable bonds is 4. The molecule has 2 unspecified atom stereocenters. The van der Waals surface area contributed by atoms with Crippen LogP contribution < -0.4 is 5.32 Å². The molecule has 0 spiro atoms. The minimum absolute atomic E-state index is 0.160. The number of hydrogen-bond donors (Lipinski definition) is 2. The number of aromatic amines is 1. The smallest absolute Gasteiger partial charge is 0.290 e. The number of nitrogens with one attached hydrogen (secondary N) is 2. The number of carbonyl (C=O) groups excluding carboxylic acids is 1. The molecule has 1 aromatic heterocycles. The second-order valence-corrected chi connectivity index (χ2v) is 6.06. The molecule has 6 heteroatoms. The third-order valence-electron chi connectivity index (χ3n) is 4.82. The summed E-state index contributed by atoms with van der Waals surface area (Å²) in [6, 6.07) is 1.43. The van der Waals surface area contributed by atoms with Crippen LogP contribution in [0.25, 0.3) is 0 Å². The summed E-state index contributed by atoms with van der Waals surface area (Å²) >= 11 is 0. The van der Waals surface area contributed by atoms with Crippen LogP contribution in [0.1, 0.15) is 49.1 Å². The highest BCUT2D eigenvalue weighted by Crippen LogP contribution is 2.36. The van der Waals surface area contributed by atoms with Crippen molar-refractivity contribution in [2.45, 2.75) is 51.1 Å². The number of piperidine rings is 1. The lowest BCUT2D eigenvalue weighted by Gasteiger charge is -2.36. The number of H-pyrrole nitrogens is 1. The lowest BCUT2D eigenvalue weighted by atomic mass is 9.91. The van der Waals surface area contributed by atoms with Crippen molar-refractivity contribution in [3.8, 4) is 0 Å². The molecule has 1 aromatic rings. The number of aromatic nitrogens is 3. The van der Waals surface area contributed by atoms with Gasteiger partial charge in [0.05, 0.1) is 0 Å². The van der Waals surface area contributed by atoms with Gasteiger partial charge in [0.2, 0.25) is 5.82 Å². The van der Waals surface area contributed by atoms with Crippen molar-refractivity contribution in [1.29, 1.82) is 0 Å². The molecule has 0 aliphatic carbocycles. The van der Waals surface area contributed by atoms with Crippen molar-refractivity contribution in [2.24, 2.45) is 5.92 Å². The van der Waals surface area contributed by atoms with Gasteiger partial charge in [0.15, 0.2) is 0 Å². The fraction of sp³-hybridized carbons (Fsp3) is 0.786. The number of fused-ring (bicyclic) bond motifs is 2. The van der Waals surface area contributed by atoms with Crippen LogP contribution in [-0.4, -0.2) is 51.7 Å². The molecule has 3 rings (SSSR count). The van der Waals surface area contributed by atoms with Crippen LogP contribution in [0.2, 0.25) is 0 Å². The average Bonchev–Trinajstić information content (AvgIpc) is 2.99. The molecule has 2 aliphatic heterocycles. The van der Waals surface area contributed by atoms with Crippen LogP contribution in [0.4, 0.5) is 0 Å². The number of nitrogens with zero attached hydrogens (tertiary/aromatic N) is 3. The van der Waals surface area contributed by atoms with Crippen LogP contribution in [0.5, 0.6) is 0 Å². The fourth-order valence-corrected chi connectivity index (χ4v) is 3.56. The summed E-state index contributed by atoms with van der Waals surface area (Å²) in [5, 5.41) is 9.71. The van der Waals surface area contributed by atoms with Gasteiger partial charge in [-0.05, 0) is 38.6 Å². The Hall–Kier alpha value is -1.43. The second kappa shape index (κ2) is 5.52. The lowest BCUT2D eigenvalue weighted by molar-refractivity contribution is 0.0908. The molecule has 0 saturated carbocycles. The minimum atomic E-state index is -0.160. The zero-order chi connectivity index (χ0) is 14.1. The summed E-state index contributed by atoms with van der Waals surface area (Å²) in [5.41, 5.74) is 0. The summed E-state index contributed by atoms with van der Waals surface area (Å²) in [7, 11) is 2.23. The molecule has 2 saturated heterocycles. The van der Waals surface area contributed by atoms with Gasteiger partial charge in [-0.2, -0.15) is 0 Å². The van der Waals surface area contributed by atoms with E-state index in [0.717, 1.165) is 18.8 Å². The molecular formula is C14H23N5O. The molecule has 110 valence electrons. The van der Waals surface area contributed by atoms with Gasteiger partial charge in [-0.3, -0.25) is 9.89 Å². The van der Waals surface area contributed by atoms with Crippen molar-refractivity contribution in [1.82, 2.24) is 25.4 Å². The van der Waals surface area contributed by atoms with Gasteiger partial charge in [-0.1, -0.05) is 6.92 Å². The first-order valence-electron chi connectivity index (χ1n) is 7.58. The Balaban J connectivity index is 1.51. The van der Waals surface area contributed by atoms with Crippen LogP contribution >= 0.6 is 0 Å². The summed E-state index contributed by atoms with van der Waals surface area (Å²) in [5.74, 6) is 1.45. The topological polar surface area (TPSA) is 73.9 Å². The standard InChI is InChI=1S/C14H23N5O/c1-3-12-16-13(18-17-12)14(20)15-8-9-6-10-4-5-11(7-9)19(10)2/h9-11H,3-8H2,1-2H3,(H,15,20)(H,16,17,18). The van der Waals surface area contributed by atoms with E-state index in [-0.39, 0.29) is 11.7 Å². The predicted octanol–water partition coefficient (Wildman–Crippen LogP) is 0.970. The Kier molecular flexibility index (Phi) is 3.74. The molecule has 2 bridgehead atoms. The predicted molar refractivity (Wildman–Crippen MR) is 75.4 cm³/mol. The first kappa shape index (κ1) is 13.5. The van der Waals surface area contributed by atoms with E-state index in [1.807, 2.05) is 6.92 Å². The van der Waals surface area contributed by atoms with E-state index in [1.54, 1.807) is 0 Å². The van der Waals surface area contributed by atoms with E-state index in [2.05, 4.69) is 32.4 Å². The Bertz CT molecular complexity index is 472. The Morgan fingerprint density at radius 2 is 2.10 bits per heavy atom. The fourth-order valence-electron chi connectivity index (χ4n) is 3.56. The van der Waals surface area contributed by atoms with Crippen molar-refractivity contribution < 1.29 is 4.79 Å². The summed E-state index contributed by atoms with van der Waals surface area (Å²) < 4.78 is 0. The van der Waals surface area contributed by atoms with E-state index in [1.165, 1.54) is 25.7 Å². The maximum absolute atomic E-state index is 12.0. The Labute approximate surface area is 119 Å². The van der Waals surface area contributed by atoms with Crippen molar-refractivity contribution in [2.75, 3.05) is 13.6 Å². The van der Waals surface area contributed by atoms with Crippen LogP contribution in [0.15, 0.2) is 0 Å². The first-order valence-corrected chi connectivity index (χ1v) is 7.58. The lowest BCUT2D eigenvalue weighted by Crippen LogP contribution is -2.43. The van der Waals surface area contributed by atoms with Gasteiger partial charge in [-0.15, -0.1) is 5.10 Å². The highest BCUT2D eigenvalue weighted by atomic mass is 16.2. The quantitative estimate of drug-likeness (QED) is 0.860. The zero-order valence-corrected chi connectivity index (χ0v) is 12.2. The van der Waals surface area contributed by atoms with E-state index in [0.29, 0.717) is 18.0 Å². The highest BCUT2D eigenvalue weighted by Gasteiger charge is 2.38. The first-order chi connectivity index (χ1) is 9.67. The van der Waals surface area contributed by atoms with E-state index in [9.17, 15) is 4.79 Å². The highest BCUT2D eigenvalue weighted by molar-refractivity contribution is 5.90. The normalized spacial score (nSPS) is 29.6. The molecule has 20 heavy (non-hydrogen) atoms.